The zero-order chi connectivity index (χ0) is 13.9. The molecule has 2 aliphatic rings. The molecule has 112 valence electrons. The zero-order valence-electron chi connectivity index (χ0n) is 11.6. The van der Waals surface area contributed by atoms with Gasteiger partial charge in [-0.25, -0.2) is 8.42 Å². The fraction of sp³-hybridized carbons (Fsp3) is 1.00. The van der Waals surface area contributed by atoms with Gasteiger partial charge < -0.3 is 0 Å². The molecule has 1 heterocycles. The molecule has 0 amide bonds. The van der Waals surface area contributed by atoms with Gasteiger partial charge in [0, 0.05) is 35.7 Å². The first-order valence-corrected chi connectivity index (χ1v) is 11.1. The highest BCUT2D eigenvalue weighted by Crippen LogP contribution is 2.41. The fourth-order valence-corrected chi connectivity index (χ4v) is 7.03. The first kappa shape index (κ1) is 16.1. The largest absolute Gasteiger partial charge is 0.285 e. The van der Waals surface area contributed by atoms with Gasteiger partial charge >= 0.3 is 0 Å². The standard InChI is InChI=1S/C13H24BrNO2S2/c1-2-19(16,17)12-9-18-8-7-15(12)11-13(10-14)5-3-4-6-13/h12H,2-11H2,1H3. The SMILES string of the molecule is CCS(=O)(=O)C1CSCCN1CC1(CBr)CCCC1. The lowest BCUT2D eigenvalue weighted by Crippen LogP contribution is -2.51. The number of thioether (sulfide) groups is 1. The summed E-state index contributed by atoms with van der Waals surface area (Å²) in [4.78, 5) is 2.25. The molecule has 1 aliphatic carbocycles. The Morgan fingerprint density at radius 3 is 2.63 bits per heavy atom. The maximum absolute atomic E-state index is 12.3. The van der Waals surface area contributed by atoms with Crippen molar-refractivity contribution in [2.45, 2.75) is 38.0 Å². The molecule has 0 bridgehead atoms. The van der Waals surface area contributed by atoms with E-state index in [0.29, 0.717) is 5.41 Å². The van der Waals surface area contributed by atoms with E-state index in [2.05, 4.69) is 20.8 Å². The average Bonchev–Trinajstić information content (AvgIpc) is 2.88. The first-order valence-electron chi connectivity index (χ1n) is 7.12. The molecule has 0 radical (unpaired) electrons. The molecule has 1 atom stereocenters. The number of rotatable bonds is 5. The van der Waals surface area contributed by atoms with E-state index >= 15 is 0 Å². The van der Waals surface area contributed by atoms with Crippen molar-refractivity contribution in [1.82, 2.24) is 4.90 Å². The monoisotopic (exact) mass is 369 g/mol. The van der Waals surface area contributed by atoms with Crippen molar-refractivity contribution in [2.24, 2.45) is 5.41 Å². The van der Waals surface area contributed by atoms with E-state index < -0.39 is 9.84 Å². The second kappa shape index (κ2) is 6.67. The number of sulfone groups is 1. The summed E-state index contributed by atoms with van der Waals surface area (Å²) in [5.41, 5.74) is 0.309. The van der Waals surface area contributed by atoms with Gasteiger partial charge in [-0.2, -0.15) is 11.8 Å². The molecule has 1 unspecified atom stereocenters. The minimum atomic E-state index is -2.96. The van der Waals surface area contributed by atoms with Crippen molar-refractivity contribution in [2.75, 3.05) is 35.7 Å². The van der Waals surface area contributed by atoms with Crippen LogP contribution in [0.2, 0.25) is 0 Å². The van der Waals surface area contributed by atoms with Crippen LogP contribution in [0.1, 0.15) is 32.6 Å². The van der Waals surface area contributed by atoms with Crippen LogP contribution in [0.3, 0.4) is 0 Å². The number of halogens is 1. The number of hydrogen-bond donors (Lipinski definition) is 0. The van der Waals surface area contributed by atoms with Crippen LogP contribution in [0.4, 0.5) is 0 Å². The van der Waals surface area contributed by atoms with Crippen LogP contribution in [0.5, 0.6) is 0 Å². The normalized spacial score (nSPS) is 28.6. The third kappa shape index (κ3) is 3.69. The van der Waals surface area contributed by atoms with Crippen LogP contribution in [0.15, 0.2) is 0 Å². The van der Waals surface area contributed by atoms with E-state index in [-0.39, 0.29) is 11.1 Å². The summed E-state index contributed by atoms with van der Waals surface area (Å²) < 4.78 is 24.5. The quantitative estimate of drug-likeness (QED) is 0.698. The molecular weight excluding hydrogens is 346 g/mol. The van der Waals surface area contributed by atoms with Gasteiger partial charge in [-0.1, -0.05) is 35.7 Å². The van der Waals surface area contributed by atoms with E-state index in [1.165, 1.54) is 25.7 Å². The minimum absolute atomic E-state index is 0.257. The summed E-state index contributed by atoms with van der Waals surface area (Å²) in [7, 11) is -2.96. The predicted octanol–water partition coefficient (Wildman–Crippen LogP) is 2.75. The Morgan fingerprint density at radius 1 is 1.37 bits per heavy atom. The van der Waals surface area contributed by atoms with Crippen LogP contribution in [0.25, 0.3) is 0 Å². The van der Waals surface area contributed by atoms with Gasteiger partial charge in [0.05, 0.1) is 0 Å². The molecule has 2 fully saturated rings. The maximum atomic E-state index is 12.3. The zero-order valence-corrected chi connectivity index (χ0v) is 14.8. The molecule has 0 aromatic carbocycles. The highest BCUT2D eigenvalue weighted by atomic mass is 79.9. The highest BCUT2D eigenvalue weighted by Gasteiger charge is 2.40. The van der Waals surface area contributed by atoms with Crippen molar-refractivity contribution in [1.29, 1.82) is 0 Å². The summed E-state index contributed by atoms with van der Waals surface area (Å²) in [5, 5.41) is 0.746. The van der Waals surface area contributed by atoms with Crippen LogP contribution in [0, 0.1) is 5.41 Å². The Bertz CT molecular complexity index is 393. The summed E-state index contributed by atoms with van der Waals surface area (Å²) >= 11 is 5.45. The van der Waals surface area contributed by atoms with Crippen molar-refractivity contribution in [3.63, 3.8) is 0 Å². The molecule has 1 saturated heterocycles. The third-order valence-corrected chi connectivity index (χ3v) is 9.02. The fourth-order valence-electron chi connectivity index (χ4n) is 3.21. The predicted molar refractivity (Wildman–Crippen MR) is 86.8 cm³/mol. The molecule has 2 rings (SSSR count). The smallest absolute Gasteiger partial charge is 0.166 e. The van der Waals surface area contributed by atoms with Gasteiger partial charge in [0.15, 0.2) is 9.84 Å². The van der Waals surface area contributed by atoms with Gasteiger partial charge in [0.1, 0.15) is 5.37 Å². The van der Waals surface area contributed by atoms with Crippen LogP contribution >= 0.6 is 27.7 Å². The van der Waals surface area contributed by atoms with Crippen LogP contribution < -0.4 is 0 Å². The third-order valence-electron chi connectivity index (χ3n) is 4.49. The Kier molecular flexibility index (Phi) is 5.66. The van der Waals surface area contributed by atoms with E-state index in [9.17, 15) is 8.42 Å². The summed E-state index contributed by atoms with van der Waals surface area (Å²) in [6, 6.07) is 0. The van der Waals surface area contributed by atoms with Gasteiger partial charge in [-0.15, -0.1) is 0 Å². The molecular formula is C13H24BrNO2S2. The number of alkyl halides is 1. The Balaban J connectivity index is 2.12. The van der Waals surface area contributed by atoms with Gasteiger partial charge in [-0.05, 0) is 18.3 Å². The second-order valence-corrected chi connectivity index (χ2v) is 9.95. The lowest BCUT2D eigenvalue weighted by atomic mass is 9.88. The van der Waals surface area contributed by atoms with E-state index in [0.717, 1.165) is 29.9 Å². The summed E-state index contributed by atoms with van der Waals surface area (Å²) in [6.07, 6.45) is 5.06. The lowest BCUT2D eigenvalue weighted by molar-refractivity contribution is 0.169. The van der Waals surface area contributed by atoms with Crippen molar-refractivity contribution in [3.8, 4) is 0 Å². The molecule has 19 heavy (non-hydrogen) atoms. The van der Waals surface area contributed by atoms with Crippen molar-refractivity contribution < 1.29 is 8.42 Å². The lowest BCUT2D eigenvalue weighted by Gasteiger charge is -2.40. The molecule has 1 aliphatic heterocycles. The summed E-state index contributed by atoms with van der Waals surface area (Å²) in [6.45, 7) is 3.63. The van der Waals surface area contributed by atoms with E-state index in [1.54, 1.807) is 18.7 Å². The van der Waals surface area contributed by atoms with Gasteiger partial charge in [0.25, 0.3) is 0 Å². The maximum Gasteiger partial charge on any atom is 0.166 e. The molecule has 0 aromatic rings. The Hall–Kier alpha value is 0.740. The molecule has 3 nitrogen and oxygen atoms in total. The second-order valence-electron chi connectivity index (χ2n) is 5.79. The molecule has 0 N–H and O–H groups in total. The minimum Gasteiger partial charge on any atom is -0.285 e. The molecule has 6 heteroatoms. The number of nitrogens with zero attached hydrogens (tertiary/aromatic N) is 1. The highest BCUT2D eigenvalue weighted by molar-refractivity contribution is 9.09. The first-order chi connectivity index (χ1) is 9.03. The van der Waals surface area contributed by atoms with Crippen LogP contribution in [-0.4, -0.2) is 54.4 Å². The summed E-state index contributed by atoms with van der Waals surface area (Å²) in [5.74, 6) is 2.07. The van der Waals surface area contributed by atoms with Crippen molar-refractivity contribution in [3.05, 3.63) is 0 Å². The topological polar surface area (TPSA) is 37.4 Å². The molecule has 0 aromatic heterocycles. The molecule has 0 spiro atoms. The average molecular weight is 370 g/mol. The van der Waals surface area contributed by atoms with E-state index in [4.69, 9.17) is 0 Å². The van der Waals surface area contributed by atoms with Gasteiger partial charge in [0.2, 0.25) is 0 Å². The van der Waals surface area contributed by atoms with Gasteiger partial charge in [-0.3, -0.25) is 4.90 Å². The van der Waals surface area contributed by atoms with Crippen LogP contribution in [-0.2, 0) is 9.84 Å². The Labute approximate surface area is 129 Å². The number of hydrogen-bond acceptors (Lipinski definition) is 4. The van der Waals surface area contributed by atoms with E-state index in [1.807, 2.05) is 0 Å². The van der Waals surface area contributed by atoms with Crippen molar-refractivity contribution >= 4 is 37.5 Å². The Morgan fingerprint density at radius 2 is 2.05 bits per heavy atom. The molecule has 1 saturated carbocycles.